The number of nitrogens with zero attached hydrogens (tertiary/aromatic N) is 1. The van der Waals surface area contributed by atoms with Gasteiger partial charge in [0.2, 0.25) is 0 Å². The molecule has 0 N–H and O–H groups in total. The van der Waals surface area contributed by atoms with Crippen LogP contribution in [0.3, 0.4) is 0 Å². The Balaban J connectivity index is 2.22. The largest absolute Gasteiger partial charge is 0.350 e. The van der Waals surface area contributed by atoms with Gasteiger partial charge in [0.1, 0.15) is 0 Å². The number of hydrogen-bond donors (Lipinski definition) is 0. The third kappa shape index (κ3) is 28.4. The van der Waals surface area contributed by atoms with Gasteiger partial charge in [-0.2, -0.15) is 0 Å². The maximum atomic E-state index is 6.80. The molecule has 47 heavy (non-hydrogen) atoms. The first-order valence-electron chi connectivity index (χ1n) is 20.7. The molecular weight excluding hydrogens is 574 g/mol. The molecule has 0 bridgehead atoms. The summed E-state index contributed by atoms with van der Waals surface area (Å²) in [5, 5.41) is 0. The summed E-state index contributed by atoms with van der Waals surface area (Å²) in [5.74, 6) is -0.334. The lowest BCUT2D eigenvalue weighted by Crippen LogP contribution is -2.45. The van der Waals surface area contributed by atoms with Gasteiger partial charge in [0.15, 0.2) is 5.79 Å². The van der Waals surface area contributed by atoms with Crippen molar-refractivity contribution in [3.05, 3.63) is 48.6 Å². The van der Waals surface area contributed by atoms with E-state index in [4.69, 9.17) is 9.47 Å². The van der Waals surface area contributed by atoms with Crippen LogP contribution in [0, 0.1) is 0 Å². The normalized spacial score (nSPS) is 19.1. The lowest BCUT2D eigenvalue weighted by Gasteiger charge is -2.42. The number of rotatable bonds is 33. The third-order valence-corrected chi connectivity index (χ3v) is 9.60. The van der Waals surface area contributed by atoms with E-state index in [1.54, 1.807) is 0 Å². The average molecular weight is 656 g/mol. The smallest absolute Gasteiger partial charge is 0.168 e. The van der Waals surface area contributed by atoms with Crippen LogP contribution >= 0.6 is 0 Å². The van der Waals surface area contributed by atoms with Crippen LogP contribution in [0.15, 0.2) is 48.6 Å². The number of ether oxygens (including phenoxy) is 2. The van der Waals surface area contributed by atoms with Gasteiger partial charge in [0.05, 0.1) is 12.7 Å². The van der Waals surface area contributed by atoms with Crippen molar-refractivity contribution in [3.63, 3.8) is 0 Å². The molecule has 0 aliphatic carbocycles. The highest BCUT2D eigenvalue weighted by Crippen LogP contribution is 2.35. The average Bonchev–Trinajstić information content (AvgIpc) is 3.07. The van der Waals surface area contributed by atoms with Crippen LogP contribution in [0.5, 0.6) is 0 Å². The molecule has 0 aromatic carbocycles. The number of hydrogen-bond acceptors (Lipinski definition) is 3. The maximum Gasteiger partial charge on any atom is 0.168 e. The Labute approximate surface area is 295 Å². The van der Waals surface area contributed by atoms with Gasteiger partial charge < -0.3 is 14.4 Å². The molecule has 1 unspecified atom stereocenters. The van der Waals surface area contributed by atoms with Crippen LogP contribution in [0.4, 0.5) is 0 Å². The highest BCUT2D eigenvalue weighted by molar-refractivity contribution is 4.93. The predicted octanol–water partition coefficient (Wildman–Crippen LogP) is 13.8. The van der Waals surface area contributed by atoms with Gasteiger partial charge in [0.25, 0.3) is 0 Å². The van der Waals surface area contributed by atoms with Crippen molar-refractivity contribution in [2.24, 2.45) is 0 Å². The summed E-state index contributed by atoms with van der Waals surface area (Å²) >= 11 is 0. The Morgan fingerprint density at radius 1 is 0.532 bits per heavy atom. The zero-order valence-corrected chi connectivity index (χ0v) is 32.2. The van der Waals surface area contributed by atoms with Gasteiger partial charge in [-0.25, -0.2) is 0 Å². The highest BCUT2D eigenvalue weighted by Gasteiger charge is 2.37. The van der Waals surface area contributed by atoms with E-state index in [0.29, 0.717) is 6.10 Å². The second kappa shape index (κ2) is 33.3. The molecule has 274 valence electrons. The molecule has 1 rings (SSSR count). The van der Waals surface area contributed by atoms with Crippen molar-refractivity contribution < 1.29 is 9.47 Å². The molecule has 0 spiro atoms. The fourth-order valence-electron chi connectivity index (χ4n) is 6.53. The molecule has 0 aromatic heterocycles. The van der Waals surface area contributed by atoms with Gasteiger partial charge in [0, 0.05) is 12.8 Å². The molecule has 1 aliphatic heterocycles. The van der Waals surface area contributed by atoms with Crippen molar-refractivity contribution in [1.82, 2.24) is 4.90 Å². The molecule has 1 aliphatic rings. The zero-order chi connectivity index (χ0) is 33.9. The van der Waals surface area contributed by atoms with Crippen LogP contribution in [-0.2, 0) is 9.47 Å². The third-order valence-electron chi connectivity index (χ3n) is 9.60. The Hall–Kier alpha value is -1.16. The van der Waals surface area contributed by atoms with Gasteiger partial charge in [-0.3, -0.25) is 0 Å². The van der Waals surface area contributed by atoms with Crippen LogP contribution < -0.4 is 0 Å². The van der Waals surface area contributed by atoms with Crippen LogP contribution in [0.1, 0.15) is 194 Å². The summed E-state index contributed by atoms with van der Waals surface area (Å²) in [6.45, 7) is 6.50. The molecule has 0 amide bonds. The summed E-state index contributed by atoms with van der Waals surface area (Å²) < 4.78 is 13.3. The second-order valence-corrected chi connectivity index (χ2v) is 14.5. The van der Waals surface area contributed by atoms with Crippen LogP contribution in [0.2, 0.25) is 0 Å². The summed E-state index contributed by atoms with van der Waals surface area (Å²) in [5.41, 5.74) is 0. The molecule has 3 heteroatoms. The molecule has 0 radical (unpaired) electrons. The van der Waals surface area contributed by atoms with Crippen molar-refractivity contribution in [1.29, 1.82) is 0 Å². The monoisotopic (exact) mass is 656 g/mol. The SMILES string of the molecule is CCCCCC=CCC=CCCCCCCCCC1(CCCCCCCCC=CCC=CCCCCC)OCCC(CCN(C)C)O1. The van der Waals surface area contributed by atoms with E-state index in [2.05, 4.69) is 81.5 Å². The molecule has 0 saturated carbocycles. The molecule has 1 fully saturated rings. The Kier molecular flexibility index (Phi) is 31.1. The first kappa shape index (κ1) is 43.9. The quantitative estimate of drug-likeness (QED) is 0.0519. The Bertz CT molecular complexity index is 719. The molecule has 1 saturated heterocycles. The lowest BCUT2D eigenvalue weighted by atomic mass is 9.97. The van der Waals surface area contributed by atoms with Gasteiger partial charge in [-0.15, -0.1) is 0 Å². The van der Waals surface area contributed by atoms with E-state index in [1.807, 2.05) is 0 Å². The Morgan fingerprint density at radius 2 is 0.936 bits per heavy atom. The lowest BCUT2D eigenvalue weighted by molar-refractivity contribution is -0.301. The summed E-state index contributed by atoms with van der Waals surface area (Å²) in [7, 11) is 4.33. The highest BCUT2D eigenvalue weighted by atomic mass is 16.7. The van der Waals surface area contributed by atoms with E-state index in [-0.39, 0.29) is 5.79 Å². The standard InChI is InChI=1S/C44H81NO2/c1-5-7-9-11-13-15-17-19-21-23-25-27-29-31-33-35-39-44(46-42-38-43(47-44)37-41-45(3)4)40-36-34-32-30-28-26-24-22-20-18-16-14-12-10-8-6-2/h13-16,19-22,43H,5-12,17-18,23-42H2,1-4H3. The van der Waals surface area contributed by atoms with Crippen LogP contribution in [-0.4, -0.2) is 44.0 Å². The van der Waals surface area contributed by atoms with Gasteiger partial charge in [-0.1, -0.05) is 140 Å². The first-order valence-corrected chi connectivity index (χ1v) is 20.7. The first-order chi connectivity index (χ1) is 23.1. The Morgan fingerprint density at radius 3 is 1.36 bits per heavy atom. The minimum absolute atomic E-state index is 0.334. The van der Waals surface area contributed by atoms with Crippen molar-refractivity contribution >= 4 is 0 Å². The molecule has 0 aromatic rings. The molecule has 1 heterocycles. The number of unbranched alkanes of at least 4 members (excludes halogenated alkanes) is 18. The van der Waals surface area contributed by atoms with Gasteiger partial charge >= 0.3 is 0 Å². The minimum Gasteiger partial charge on any atom is -0.350 e. The van der Waals surface area contributed by atoms with Crippen molar-refractivity contribution in [3.8, 4) is 0 Å². The predicted molar refractivity (Wildman–Crippen MR) is 209 cm³/mol. The summed E-state index contributed by atoms with van der Waals surface area (Å²) in [4.78, 5) is 2.28. The minimum atomic E-state index is -0.334. The summed E-state index contributed by atoms with van der Waals surface area (Å²) in [6.07, 6.45) is 54.5. The van der Waals surface area contributed by atoms with E-state index in [1.165, 1.54) is 141 Å². The maximum absolute atomic E-state index is 6.80. The zero-order valence-electron chi connectivity index (χ0n) is 32.2. The van der Waals surface area contributed by atoms with Crippen LogP contribution in [0.25, 0.3) is 0 Å². The number of allylic oxidation sites excluding steroid dienone is 8. The molecule has 1 atom stereocenters. The van der Waals surface area contributed by atoms with E-state index >= 15 is 0 Å². The molecule has 3 nitrogen and oxygen atoms in total. The molecular formula is C44H81NO2. The fourth-order valence-corrected chi connectivity index (χ4v) is 6.53. The van der Waals surface area contributed by atoms with E-state index < -0.39 is 0 Å². The van der Waals surface area contributed by atoms with Gasteiger partial charge in [-0.05, 0) is 111 Å². The summed E-state index contributed by atoms with van der Waals surface area (Å²) in [6, 6.07) is 0. The van der Waals surface area contributed by atoms with Crippen molar-refractivity contribution in [2.75, 3.05) is 27.2 Å². The topological polar surface area (TPSA) is 21.7 Å². The fraction of sp³-hybridized carbons (Fsp3) is 0.818. The van der Waals surface area contributed by atoms with E-state index in [9.17, 15) is 0 Å². The second-order valence-electron chi connectivity index (χ2n) is 14.5. The van der Waals surface area contributed by atoms with E-state index in [0.717, 1.165) is 51.7 Å². The van der Waals surface area contributed by atoms with Crippen molar-refractivity contribution in [2.45, 2.75) is 206 Å².